The lowest BCUT2D eigenvalue weighted by molar-refractivity contribution is 0.0943. The van der Waals surface area contributed by atoms with Crippen molar-refractivity contribution in [2.45, 2.75) is 58.0 Å². The van der Waals surface area contributed by atoms with E-state index in [9.17, 15) is 15.2 Å². The predicted molar refractivity (Wildman–Crippen MR) is 166 cm³/mol. The molecule has 0 radical (unpaired) electrons. The average molecular weight is 585 g/mol. The van der Waals surface area contributed by atoms with Gasteiger partial charge < -0.3 is 10.4 Å². The van der Waals surface area contributed by atoms with Crippen LogP contribution in [0.5, 0.6) is 5.75 Å². The zero-order valence-electron chi connectivity index (χ0n) is 23.6. The monoisotopic (exact) mass is 584 g/mol. The van der Waals surface area contributed by atoms with Crippen LogP contribution in [0.2, 0.25) is 0 Å². The SMILES string of the molecule is CCC(CCc1sc2c(c1C#N)CCC(N(C)Cc1cnc(-c3ccccc3)s1)C2)CNC(=O)c1ccccc1O. The zero-order valence-corrected chi connectivity index (χ0v) is 25.2. The van der Waals surface area contributed by atoms with Crippen molar-refractivity contribution in [1.29, 1.82) is 5.26 Å². The van der Waals surface area contributed by atoms with Crippen LogP contribution >= 0.6 is 22.7 Å². The Hall–Kier alpha value is -3.51. The molecule has 1 aliphatic carbocycles. The number of rotatable bonds is 11. The molecule has 2 aromatic carbocycles. The molecule has 8 heteroatoms. The van der Waals surface area contributed by atoms with Crippen LogP contribution < -0.4 is 5.32 Å². The van der Waals surface area contributed by atoms with Crippen molar-refractivity contribution in [1.82, 2.24) is 15.2 Å². The van der Waals surface area contributed by atoms with Gasteiger partial charge in [-0.25, -0.2) is 4.98 Å². The van der Waals surface area contributed by atoms with Crippen molar-refractivity contribution >= 4 is 28.6 Å². The molecular weight excluding hydrogens is 549 g/mol. The van der Waals surface area contributed by atoms with Gasteiger partial charge in [0.15, 0.2) is 0 Å². The number of thiazole rings is 1. The lowest BCUT2D eigenvalue weighted by Gasteiger charge is -2.30. The summed E-state index contributed by atoms with van der Waals surface area (Å²) in [6.45, 7) is 3.55. The molecule has 212 valence electrons. The fraction of sp³-hybridized carbons (Fsp3) is 0.364. The van der Waals surface area contributed by atoms with Crippen LogP contribution in [0.15, 0.2) is 60.8 Å². The summed E-state index contributed by atoms with van der Waals surface area (Å²) in [5.41, 5.74) is 3.59. The van der Waals surface area contributed by atoms with Crippen LogP contribution in [-0.2, 0) is 25.8 Å². The molecule has 2 atom stereocenters. The van der Waals surface area contributed by atoms with Crippen molar-refractivity contribution in [3.8, 4) is 22.4 Å². The number of thiophene rings is 1. The molecule has 0 fully saturated rings. The minimum Gasteiger partial charge on any atom is -0.507 e. The Kier molecular flexibility index (Phi) is 9.50. The molecule has 4 aromatic rings. The third kappa shape index (κ3) is 6.87. The van der Waals surface area contributed by atoms with Gasteiger partial charge in [0.1, 0.15) is 16.8 Å². The van der Waals surface area contributed by atoms with Gasteiger partial charge in [-0.15, -0.1) is 22.7 Å². The Labute approximate surface area is 250 Å². The van der Waals surface area contributed by atoms with Crippen LogP contribution in [0.3, 0.4) is 0 Å². The molecule has 6 nitrogen and oxygen atoms in total. The van der Waals surface area contributed by atoms with Crippen molar-refractivity contribution in [2.24, 2.45) is 5.92 Å². The minimum atomic E-state index is -0.254. The van der Waals surface area contributed by atoms with E-state index in [1.54, 1.807) is 29.5 Å². The standard InChI is InChI=1S/C33H36N4O2S2/c1-3-22(19-35-32(39)27-11-7-8-12-29(27)38)13-16-30-28(18-34)26-15-14-24(17-31(26)41-30)37(2)21-25-20-36-33(40-25)23-9-5-4-6-10-23/h4-12,20,22,24,38H,3,13-17,19,21H2,1-2H3,(H,35,39). The highest BCUT2D eigenvalue weighted by Gasteiger charge is 2.28. The quantitative estimate of drug-likeness (QED) is 0.202. The maximum absolute atomic E-state index is 12.5. The number of nitriles is 1. The van der Waals surface area contributed by atoms with Gasteiger partial charge in [-0.1, -0.05) is 55.8 Å². The molecule has 41 heavy (non-hydrogen) atoms. The Bertz CT molecular complexity index is 1520. The average Bonchev–Trinajstić information content (AvgIpc) is 3.61. The molecule has 2 aromatic heterocycles. The molecule has 0 saturated carbocycles. The highest BCUT2D eigenvalue weighted by Crippen LogP contribution is 2.37. The number of hydrogen-bond donors (Lipinski definition) is 2. The van der Waals surface area contributed by atoms with Gasteiger partial charge in [-0.05, 0) is 62.8 Å². The number of fused-ring (bicyclic) bond motifs is 1. The second-order valence-electron chi connectivity index (χ2n) is 10.8. The number of amides is 1. The summed E-state index contributed by atoms with van der Waals surface area (Å²) in [7, 11) is 2.20. The second kappa shape index (κ2) is 13.4. The van der Waals surface area contributed by atoms with E-state index in [2.05, 4.69) is 47.4 Å². The highest BCUT2D eigenvalue weighted by atomic mass is 32.1. The van der Waals surface area contributed by atoms with Crippen LogP contribution in [-0.4, -0.2) is 40.5 Å². The predicted octanol–water partition coefficient (Wildman–Crippen LogP) is 6.83. The lowest BCUT2D eigenvalue weighted by atomic mass is 9.90. The fourth-order valence-electron chi connectivity index (χ4n) is 5.56. The molecular formula is C33H36N4O2S2. The number of phenolic OH excluding ortho intramolecular Hbond substituents is 1. The zero-order chi connectivity index (χ0) is 28.8. The number of carbonyl (C=O) groups excluding carboxylic acids is 1. The summed E-state index contributed by atoms with van der Waals surface area (Å²) >= 11 is 3.57. The van der Waals surface area contributed by atoms with Crippen LogP contribution in [0.4, 0.5) is 0 Å². The molecule has 5 rings (SSSR count). The number of aryl methyl sites for hydroxylation is 1. The van der Waals surface area contributed by atoms with Crippen molar-refractivity contribution in [3.63, 3.8) is 0 Å². The van der Waals surface area contributed by atoms with E-state index in [0.717, 1.165) is 61.2 Å². The molecule has 0 aliphatic heterocycles. The highest BCUT2D eigenvalue weighted by molar-refractivity contribution is 7.15. The van der Waals surface area contributed by atoms with Gasteiger partial charge in [0.05, 0.1) is 11.1 Å². The van der Waals surface area contributed by atoms with E-state index in [0.29, 0.717) is 24.1 Å². The molecule has 0 saturated heterocycles. The van der Waals surface area contributed by atoms with Crippen molar-refractivity contribution in [2.75, 3.05) is 13.6 Å². The number of carbonyl (C=O) groups is 1. The molecule has 1 amide bonds. The lowest BCUT2D eigenvalue weighted by Crippen LogP contribution is -2.35. The Balaban J connectivity index is 1.18. The maximum Gasteiger partial charge on any atom is 0.255 e. The molecule has 1 aliphatic rings. The number of benzene rings is 2. The number of aromatic nitrogens is 1. The van der Waals surface area contributed by atoms with E-state index in [-0.39, 0.29) is 11.7 Å². The van der Waals surface area contributed by atoms with E-state index in [1.807, 2.05) is 35.7 Å². The first-order valence-electron chi connectivity index (χ1n) is 14.3. The van der Waals surface area contributed by atoms with Crippen LogP contribution in [0.1, 0.15) is 62.3 Å². The van der Waals surface area contributed by atoms with Gasteiger partial charge in [-0.2, -0.15) is 5.26 Å². The molecule has 0 bridgehead atoms. The Morgan fingerprint density at radius 3 is 2.73 bits per heavy atom. The first-order chi connectivity index (χ1) is 20.0. The Morgan fingerprint density at radius 2 is 1.98 bits per heavy atom. The summed E-state index contributed by atoms with van der Waals surface area (Å²) in [6, 6.07) is 19.9. The van der Waals surface area contributed by atoms with Crippen molar-refractivity contribution < 1.29 is 9.90 Å². The maximum atomic E-state index is 12.5. The minimum absolute atomic E-state index is 0.00573. The van der Waals surface area contributed by atoms with Crippen molar-refractivity contribution in [3.05, 3.63) is 92.1 Å². The van der Waals surface area contributed by atoms with E-state index in [1.165, 1.54) is 26.3 Å². The summed E-state index contributed by atoms with van der Waals surface area (Å²) in [6.07, 6.45) is 7.65. The van der Waals surface area contributed by atoms with Crippen LogP contribution in [0, 0.1) is 17.2 Å². The topological polar surface area (TPSA) is 89.3 Å². The smallest absolute Gasteiger partial charge is 0.255 e. The third-order valence-electron chi connectivity index (χ3n) is 8.08. The fourth-order valence-corrected chi connectivity index (χ4v) is 7.93. The third-order valence-corrected chi connectivity index (χ3v) is 10.4. The number of hydrogen-bond acceptors (Lipinski definition) is 7. The van der Waals surface area contributed by atoms with Gasteiger partial charge in [-0.3, -0.25) is 9.69 Å². The number of nitrogens with one attached hydrogen (secondary N) is 1. The van der Waals surface area contributed by atoms with Crippen LogP contribution in [0.25, 0.3) is 10.6 Å². The van der Waals surface area contributed by atoms with Gasteiger partial charge in [0.25, 0.3) is 5.91 Å². The Morgan fingerprint density at radius 1 is 1.20 bits per heavy atom. The second-order valence-corrected chi connectivity index (χ2v) is 13.1. The number of likely N-dealkylation sites (N-methyl/N-ethyl adjacent to an activating group) is 1. The van der Waals surface area contributed by atoms with Gasteiger partial charge >= 0.3 is 0 Å². The summed E-state index contributed by atoms with van der Waals surface area (Å²) in [5, 5.41) is 24.1. The summed E-state index contributed by atoms with van der Waals surface area (Å²) in [4.78, 5) is 23.4. The molecule has 2 unspecified atom stereocenters. The molecule has 2 heterocycles. The molecule has 0 spiro atoms. The number of aromatic hydroxyl groups is 1. The molecule has 2 N–H and O–H groups in total. The number of para-hydroxylation sites is 1. The van der Waals surface area contributed by atoms with E-state index >= 15 is 0 Å². The normalized spacial score (nSPS) is 15.3. The number of nitrogens with zero attached hydrogens (tertiary/aromatic N) is 3. The largest absolute Gasteiger partial charge is 0.507 e. The van der Waals surface area contributed by atoms with Gasteiger partial charge in [0.2, 0.25) is 0 Å². The summed E-state index contributed by atoms with van der Waals surface area (Å²) in [5.74, 6) is 0.0407. The van der Waals surface area contributed by atoms with E-state index < -0.39 is 0 Å². The number of phenols is 1. The first-order valence-corrected chi connectivity index (χ1v) is 15.9. The van der Waals surface area contributed by atoms with Gasteiger partial charge in [0, 0.05) is 45.5 Å². The first kappa shape index (κ1) is 29.0. The van der Waals surface area contributed by atoms with E-state index in [4.69, 9.17) is 0 Å². The summed E-state index contributed by atoms with van der Waals surface area (Å²) < 4.78 is 0.